The first-order valence-corrected chi connectivity index (χ1v) is 11.3. The molecular weight excluding hydrogens is 386 g/mol. The van der Waals surface area contributed by atoms with Crippen LogP contribution >= 0.6 is 11.8 Å². The van der Waals surface area contributed by atoms with Gasteiger partial charge < -0.3 is 14.5 Å². The molecule has 0 radical (unpaired) electrons. The van der Waals surface area contributed by atoms with E-state index in [2.05, 4.69) is 45.6 Å². The predicted molar refractivity (Wildman–Crippen MR) is 116 cm³/mol. The summed E-state index contributed by atoms with van der Waals surface area (Å²) < 4.78 is 7.62. The highest BCUT2D eigenvalue weighted by Crippen LogP contribution is 2.24. The van der Waals surface area contributed by atoms with E-state index in [9.17, 15) is 4.79 Å². The van der Waals surface area contributed by atoms with Gasteiger partial charge in [0.2, 0.25) is 11.9 Å². The molecule has 1 aliphatic heterocycles. The van der Waals surface area contributed by atoms with Crippen molar-refractivity contribution in [2.45, 2.75) is 39.0 Å². The van der Waals surface area contributed by atoms with E-state index >= 15 is 0 Å². The Hall–Kier alpha value is -2.06. The molecular formula is C21H31N5O2S. The van der Waals surface area contributed by atoms with Gasteiger partial charge in [-0.15, -0.1) is 10.2 Å². The first-order valence-electron chi connectivity index (χ1n) is 10.3. The Morgan fingerprint density at radius 3 is 2.59 bits per heavy atom. The number of hydrogen-bond donors (Lipinski definition) is 0. The summed E-state index contributed by atoms with van der Waals surface area (Å²) in [5, 5.41) is 9.66. The fourth-order valence-electron chi connectivity index (χ4n) is 3.31. The first-order chi connectivity index (χ1) is 14.1. The SMILES string of the molecule is CCN(Cc1ccccc1)C(=O)CSc1nnc(N2CCOCC2)n1CC(C)C. The van der Waals surface area contributed by atoms with Crippen molar-refractivity contribution in [3.05, 3.63) is 35.9 Å². The third-order valence-corrected chi connectivity index (χ3v) is 5.77. The van der Waals surface area contributed by atoms with Crippen LogP contribution in [0.25, 0.3) is 0 Å². The van der Waals surface area contributed by atoms with E-state index in [0.29, 0.717) is 38.0 Å². The molecule has 2 aromatic rings. The number of nitrogens with zero attached hydrogens (tertiary/aromatic N) is 5. The first kappa shape index (κ1) is 21.6. The summed E-state index contributed by atoms with van der Waals surface area (Å²) in [5.41, 5.74) is 1.14. The molecule has 0 bridgehead atoms. The molecule has 1 amide bonds. The molecule has 3 rings (SSSR count). The lowest BCUT2D eigenvalue weighted by molar-refractivity contribution is -0.128. The number of rotatable bonds is 9. The largest absolute Gasteiger partial charge is 0.378 e. The Labute approximate surface area is 177 Å². The normalized spacial score (nSPS) is 14.4. The van der Waals surface area contributed by atoms with Crippen LogP contribution in [0.15, 0.2) is 35.5 Å². The van der Waals surface area contributed by atoms with Gasteiger partial charge in [-0.1, -0.05) is 55.9 Å². The van der Waals surface area contributed by atoms with E-state index < -0.39 is 0 Å². The summed E-state index contributed by atoms with van der Waals surface area (Å²) in [7, 11) is 0. The fraction of sp³-hybridized carbons (Fsp3) is 0.571. The highest BCUT2D eigenvalue weighted by atomic mass is 32.2. The minimum absolute atomic E-state index is 0.119. The van der Waals surface area contributed by atoms with Gasteiger partial charge in [-0.2, -0.15) is 0 Å². The standard InChI is InChI=1S/C21H31N5O2S/c1-4-24(15-18-8-6-5-7-9-18)19(27)16-29-21-23-22-20(26(21)14-17(2)3)25-10-12-28-13-11-25/h5-9,17H,4,10-16H2,1-3H3. The van der Waals surface area contributed by atoms with Gasteiger partial charge in [-0.25, -0.2) is 0 Å². The minimum Gasteiger partial charge on any atom is -0.378 e. The summed E-state index contributed by atoms with van der Waals surface area (Å²) in [6.07, 6.45) is 0. The van der Waals surface area contributed by atoms with Crippen LogP contribution in [0, 0.1) is 5.92 Å². The van der Waals surface area contributed by atoms with E-state index in [1.54, 1.807) is 0 Å². The van der Waals surface area contributed by atoms with Crippen LogP contribution in [0.4, 0.5) is 5.95 Å². The smallest absolute Gasteiger partial charge is 0.233 e. The molecule has 1 aromatic heterocycles. The lowest BCUT2D eigenvalue weighted by Crippen LogP contribution is -2.38. The van der Waals surface area contributed by atoms with Crippen LogP contribution in [0.2, 0.25) is 0 Å². The van der Waals surface area contributed by atoms with Gasteiger partial charge in [0.25, 0.3) is 0 Å². The number of carbonyl (C=O) groups is 1. The van der Waals surface area contributed by atoms with Crippen LogP contribution in [0.5, 0.6) is 0 Å². The second-order valence-electron chi connectivity index (χ2n) is 7.57. The molecule has 0 N–H and O–H groups in total. The molecule has 0 saturated carbocycles. The quantitative estimate of drug-likeness (QED) is 0.585. The molecule has 1 saturated heterocycles. The molecule has 29 heavy (non-hydrogen) atoms. The summed E-state index contributed by atoms with van der Waals surface area (Å²) in [6.45, 7) is 11.6. The summed E-state index contributed by atoms with van der Waals surface area (Å²) >= 11 is 1.48. The van der Waals surface area contributed by atoms with Crippen molar-refractivity contribution >= 4 is 23.6 Å². The number of anilines is 1. The molecule has 0 unspecified atom stereocenters. The molecule has 1 aromatic carbocycles. The molecule has 2 heterocycles. The van der Waals surface area contributed by atoms with Crippen molar-refractivity contribution in [3.63, 3.8) is 0 Å². The zero-order chi connectivity index (χ0) is 20.6. The Morgan fingerprint density at radius 1 is 1.21 bits per heavy atom. The lowest BCUT2D eigenvalue weighted by atomic mass is 10.2. The molecule has 0 atom stereocenters. The van der Waals surface area contributed by atoms with Crippen LogP contribution < -0.4 is 4.90 Å². The van der Waals surface area contributed by atoms with Gasteiger partial charge in [-0.05, 0) is 18.4 Å². The van der Waals surface area contributed by atoms with Crippen molar-refractivity contribution in [3.8, 4) is 0 Å². The minimum atomic E-state index is 0.119. The average Bonchev–Trinajstić information content (AvgIpc) is 3.13. The molecule has 1 fully saturated rings. The summed E-state index contributed by atoms with van der Waals surface area (Å²) in [5.74, 6) is 1.83. The predicted octanol–water partition coefficient (Wildman–Crippen LogP) is 2.91. The molecule has 1 aliphatic rings. The summed E-state index contributed by atoms with van der Waals surface area (Å²) in [4.78, 5) is 16.9. The van der Waals surface area contributed by atoms with Crippen molar-refractivity contribution in [2.24, 2.45) is 5.92 Å². The summed E-state index contributed by atoms with van der Waals surface area (Å²) in [6, 6.07) is 10.1. The Balaban J connectivity index is 1.66. The van der Waals surface area contributed by atoms with E-state index in [-0.39, 0.29) is 5.91 Å². The van der Waals surface area contributed by atoms with E-state index in [0.717, 1.165) is 36.3 Å². The van der Waals surface area contributed by atoms with Crippen molar-refractivity contribution < 1.29 is 9.53 Å². The van der Waals surface area contributed by atoms with Crippen LogP contribution in [-0.4, -0.2) is 64.2 Å². The number of amides is 1. The number of ether oxygens (including phenoxy) is 1. The topological polar surface area (TPSA) is 63.5 Å². The van der Waals surface area contributed by atoms with E-state index in [1.807, 2.05) is 30.0 Å². The van der Waals surface area contributed by atoms with Gasteiger partial charge in [0.05, 0.1) is 19.0 Å². The highest BCUT2D eigenvalue weighted by Gasteiger charge is 2.22. The molecule has 158 valence electrons. The average molecular weight is 418 g/mol. The van der Waals surface area contributed by atoms with Gasteiger partial charge >= 0.3 is 0 Å². The molecule has 0 spiro atoms. The van der Waals surface area contributed by atoms with E-state index in [4.69, 9.17) is 4.74 Å². The fourth-order valence-corrected chi connectivity index (χ4v) is 4.15. The maximum Gasteiger partial charge on any atom is 0.233 e. The van der Waals surface area contributed by atoms with Crippen molar-refractivity contribution in [2.75, 3.05) is 43.5 Å². The Bertz CT molecular complexity index is 775. The molecule has 8 heteroatoms. The highest BCUT2D eigenvalue weighted by molar-refractivity contribution is 7.99. The number of carbonyl (C=O) groups excluding carboxylic acids is 1. The van der Waals surface area contributed by atoms with Crippen LogP contribution in [-0.2, 0) is 22.6 Å². The zero-order valence-corrected chi connectivity index (χ0v) is 18.4. The number of morpholine rings is 1. The lowest BCUT2D eigenvalue weighted by Gasteiger charge is -2.28. The van der Waals surface area contributed by atoms with Crippen LogP contribution in [0.3, 0.4) is 0 Å². The van der Waals surface area contributed by atoms with Crippen LogP contribution in [0.1, 0.15) is 26.3 Å². The maximum atomic E-state index is 12.8. The third kappa shape index (κ3) is 5.96. The van der Waals surface area contributed by atoms with Crippen molar-refractivity contribution in [1.29, 1.82) is 0 Å². The number of hydrogen-bond acceptors (Lipinski definition) is 6. The second kappa shape index (κ2) is 10.6. The van der Waals surface area contributed by atoms with E-state index in [1.165, 1.54) is 11.8 Å². The van der Waals surface area contributed by atoms with Gasteiger partial charge in [0.15, 0.2) is 5.16 Å². The molecule has 7 nitrogen and oxygen atoms in total. The number of benzene rings is 1. The Kier molecular flexibility index (Phi) is 7.94. The Morgan fingerprint density at radius 2 is 1.93 bits per heavy atom. The molecule has 0 aliphatic carbocycles. The number of thioether (sulfide) groups is 1. The monoisotopic (exact) mass is 417 g/mol. The third-order valence-electron chi connectivity index (χ3n) is 4.81. The second-order valence-corrected chi connectivity index (χ2v) is 8.51. The van der Waals surface area contributed by atoms with Gasteiger partial charge in [0, 0.05) is 32.7 Å². The zero-order valence-electron chi connectivity index (χ0n) is 17.6. The number of aromatic nitrogens is 3. The van der Waals surface area contributed by atoms with Gasteiger partial charge in [0.1, 0.15) is 0 Å². The maximum absolute atomic E-state index is 12.8. The van der Waals surface area contributed by atoms with Gasteiger partial charge in [-0.3, -0.25) is 9.36 Å². The van der Waals surface area contributed by atoms with Crippen molar-refractivity contribution in [1.82, 2.24) is 19.7 Å².